The molecule has 0 aliphatic rings. The highest BCUT2D eigenvalue weighted by Gasteiger charge is 2.30. The second-order valence-electron chi connectivity index (χ2n) is 6.47. The van der Waals surface area contributed by atoms with Gasteiger partial charge in [-0.05, 0) is 63.4 Å². The van der Waals surface area contributed by atoms with Crippen LogP contribution in [0, 0.1) is 0 Å². The Kier molecular flexibility index (Phi) is 6.27. The number of benzene rings is 2. The number of aryl methyl sites for hydroxylation is 1. The molecular weight excluding hydrogens is 322 g/mol. The van der Waals surface area contributed by atoms with E-state index < -0.39 is 5.60 Å². The molecule has 2 aromatic rings. The number of carbonyl (C=O) groups excluding carboxylic acids is 1. The van der Waals surface area contributed by atoms with Crippen LogP contribution in [0.2, 0.25) is 5.02 Å². The molecule has 0 saturated heterocycles. The third-order valence-electron chi connectivity index (χ3n) is 3.82. The molecule has 0 aliphatic heterocycles. The Bertz CT molecular complexity index is 653. The number of hydrogen-bond acceptors (Lipinski definition) is 2. The second-order valence-corrected chi connectivity index (χ2v) is 6.90. The third-order valence-corrected chi connectivity index (χ3v) is 4.07. The Morgan fingerprint density at radius 1 is 1.12 bits per heavy atom. The standard InChI is InChI=1S/C20H24ClNO2/c1-15(9-10-16-7-5-4-6-8-16)22-19(23)20(2,3)24-18-13-11-17(21)12-14-18/h4-8,11-15H,9-10H2,1-3H3,(H,22,23)/t15-/m1/s1. The molecule has 2 aromatic carbocycles. The van der Waals surface area contributed by atoms with E-state index >= 15 is 0 Å². The van der Waals surface area contributed by atoms with Crippen LogP contribution in [0.3, 0.4) is 0 Å². The van der Waals surface area contributed by atoms with Crippen LogP contribution in [-0.2, 0) is 11.2 Å². The summed E-state index contributed by atoms with van der Waals surface area (Å²) in [5.41, 5.74) is 0.324. The Labute approximate surface area is 149 Å². The van der Waals surface area contributed by atoms with Gasteiger partial charge in [0.1, 0.15) is 5.75 Å². The summed E-state index contributed by atoms with van der Waals surface area (Å²) in [6.45, 7) is 5.54. The zero-order valence-electron chi connectivity index (χ0n) is 14.4. The lowest BCUT2D eigenvalue weighted by Crippen LogP contribution is -2.49. The number of amides is 1. The van der Waals surface area contributed by atoms with Gasteiger partial charge in [0.15, 0.2) is 5.60 Å². The molecule has 1 amide bonds. The molecule has 24 heavy (non-hydrogen) atoms. The molecule has 0 aliphatic carbocycles. The number of carbonyl (C=O) groups is 1. The topological polar surface area (TPSA) is 38.3 Å². The van der Waals surface area contributed by atoms with Gasteiger partial charge in [-0.1, -0.05) is 41.9 Å². The van der Waals surface area contributed by atoms with Crippen LogP contribution in [0.25, 0.3) is 0 Å². The highest BCUT2D eigenvalue weighted by atomic mass is 35.5. The lowest BCUT2D eigenvalue weighted by Gasteiger charge is -2.27. The van der Waals surface area contributed by atoms with Crippen molar-refractivity contribution in [3.05, 3.63) is 65.2 Å². The quantitative estimate of drug-likeness (QED) is 0.794. The molecule has 0 spiro atoms. The first-order chi connectivity index (χ1) is 11.4. The minimum absolute atomic E-state index is 0.0748. The Hall–Kier alpha value is -2.00. The molecule has 0 aromatic heterocycles. The van der Waals surface area contributed by atoms with Crippen molar-refractivity contribution >= 4 is 17.5 Å². The van der Waals surface area contributed by atoms with Gasteiger partial charge < -0.3 is 10.1 Å². The predicted molar refractivity (Wildman–Crippen MR) is 98.5 cm³/mol. The van der Waals surface area contributed by atoms with E-state index in [2.05, 4.69) is 17.4 Å². The van der Waals surface area contributed by atoms with Gasteiger partial charge in [-0.15, -0.1) is 0 Å². The molecule has 3 nitrogen and oxygen atoms in total. The lowest BCUT2D eigenvalue weighted by molar-refractivity contribution is -0.134. The first-order valence-corrected chi connectivity index (χ1v) is 8.54. The smallest absolute Gasteiger partial charge is 0.263 e. The molecule has 0 bridgehead atoms. The van der Waals surface area contributed by atoms with E-state index in [0.717, 1.165) is 12.8 Å². The summed E-state index contributed by atoms with van der Waals surface area (Å²) < 4.78 is 5.81. The zero-order chi connectivity index (χ0) is 17.6. The number of hydrogen-bond donors (Lipinski definition) is 1. The third kappa shape index (κ3) is 5.57. The zero-order valence-corrected chi connectivity index (χ0v) is 15.1. The van der Waals surface area contributed by atoms with Gasteiger partial charge in [0.25, 0.3) is 5.91 Å². The summed E-state index contributed by atoms with van der Waals surface area (Å²) in [6, 6.07) is 17.3. The minimum atomic E-state index is -0.950. The van der Waals surface area contributed by atoms with Gasteiger partial charge in [0.05, 0.1) is 0 Å². The van der Waals surface area contributed by atoms with Gasteiger partial charge in [0, 0.05) is 11.1 Å². The molecule has 1 N–H and O–H groups in total. The Morgan fingerprint density at radius 2 is 1.75 bits per heavy atom. The van der Waals surface area contributed by atoms with E-state index in [1.165, 1.54) is 5.56 Å². The van der Waals surface area contributed by atoms with Crippen LogP contribution < -0.4 is 10.1 Å². The fourth-order valence-corrected chi connectivity index (χ4v) is 2.47. The van der Waals surface area contributed by atoms with E-state index in [-0.39, 0.29) is 11.9 Å². The molecule has 0 radical (unpaired) electrons. The second kappa shape index (κ2) is 8.20. The van der Waals surface area contributed by atoms with Crippen molar-refractivity contribution in [2.45, 2.75) is 45.3 Å². The maximum atomic E-state index is 12.5. The van der Waals surface area contributed by atoms with Crippen LogP contribution in [0.4, 0.5) is 0 Å². The first kappa shape index (κ1) is 18.3. The van der Waals surface area contributed by atoms with E-state index in [1.54, 1.807) is 38.1 Å². The van der Waals surface area contributed by atoms with Gasteiger partial charge in [-0.25, -0.2) is 0 Å². The fraction of sp³-hybridized carbons (Fsp3) is 0.350. The Balaban J connectivity index is 1.86. The highest BCUT2D eigenvalue weighted by Crippen LogP contribution is 2.21. The van der Waals surface area contributed by atoms with Crippen LogP contribution in [-0.4, -0.2) is 17.6 Å². The molecule has 1 atom stereocenters. The molecule has 0 fully saturated rings. The summed E-state index contributed by atoms with van der Waals surface area (Å²) >= 11 is 5.86. The normalized spacial score (nSPS) is 12.5. The van der Waals surface area contributed by atoms with Crippen molar-refractivity contribution in [1.82, 2.24) is 5.32 Å². The molecular formula is C20H24ClNO2. The molecule has 128 valence electrons. The molecule has 0 saturated carbocycles. The van der Waals surface area contributed by atoms with Gasteiger partial charge in [-0.3, -0.25) is 4.79 Å². The Morgan fingerprint density at radius 3 is 2.38 bits per heavy atom. The average molecular weight is 346 g/mol. The maximum absolute atomic E-state index is 12.5. The minimum Gasteiger partial charge on any atom is -0.478 e. The largest absolute Gasteiger partial charge is 0.478 e. The summed E-state index contributed by atoms with van der Waals surface area (Å²) in [6.07, 6.45) is 1.81. The fourth-order valence-electron chi connectivity index (χ4n) is 2.34. The van der Waals surface area contributed by atoms with Crippen molar-refractivity contribution in [3.63, 3.8) is 0 Å². The van der Waals surface area contributed by atoms with Gasteiger partial charge in [0.2, 0.25) is 0 Å². The van der Waals surface area contributed by atoms with Gasteiger partial charge in [-0.2, -0.15) is 0 Å². The molecule has 0 unspecified atom stereocenters. The van der Waals surface area contributed by atoms with Crippen LogP contribution in [0.1, 0.15) is 32.8 Å². The maximum Gasteiger partial charge on any atom is 0.263 e. The average Bonchev–Trinajstić information content (AvgIpc) is 2.56. The van der Waals surface area contributed by atoms with Crippen molar-refractivity contribution in [2.75, 3.05) is 0 Å². The van der Waals surface area contributed by atoms with Gasteiger partial charge >= 0.3 is 0 Å². The monoisotopic (exact) mass is 345 g/mol. The summed E-state index contributed by atoms with van der Waals surface area (Å²) in [5, 5.41) is 3.67. The van der Waals surface area contributed by atoms with E-state index in [9.17, 15) is 4.79 Å². The van der Waals surface area contributed by atoms with E-state index in [4.69, 9.17) is 16.3 Å². The number of ether oxygens (including phenoxy) is 1. The van der Waals surface area contributed by atoms with Crippen molar-refractivity contribution in [3.8, 4) is 5.75 Å². The van der Waals surface area contributed by atoms with Crippen LogP contribution in [0.15, 0.2) is 54.6 Å². The van der Waals surface area contributed by atoms with E-state index in [1.807, 2.05) is 25.1 Å². The van der Waals surface area contributed by atoms with E-state index in [0.29, 0.717) is 10.8 Å². The summed E-state index contributed by atoms with van der Waals surface area (Å²) in [4.78, 5) is 12.5. The lowest BCUT2D eigenvalue weighted by atomic mass is 10.0. The first-order valence-electron chi connectivity index (χ1n) is 8.16. The van der Waals surface area contributed by atoms with Crippen molar-refractivity contribution in [1.29, 1.82) is 0 Å². The molecule has 0 heterocycles. The predicted octanol–water partition coefficient (Wildman–Crippen LogP) is 4.63. The highest BCUT2D eigenvalue weighted by molar-refractivity contribution is 6.30. The summed E-state index contributed by atoms with van der Waals surface area (Å²) in [7, 11) is 0. The SMILES string of the molecule is C[C@H](CCc1ccccc1)NC(=O)C(C)(C)Oc1ccc(Cl)cc1. The number of nitrogens with one attached hydrogen (secondary N) is 1. The van der Waals surface area contributed by atoms with Crippen LogP contribution in [0.5, 0.6) is 5.75 Å². The number of rotatable bonds is 7. The van der Waals surface area contributed by atoms with Crippen LogP contribution >= 0.6 is 11.6 Å². The van der Waals surface area contributed by atoms with Crippen molar-refractivity contribution < 1.29 is 9.53 Å². The van der Waals surface area contributed by atoms with Crippen molar-refractivity contribution in [2.24, 2.45) is 0 Å². The molecule has 2 rings (SSSR count). The summed E-state index contributed by atoms with van der Waals surface area (Å²) in [5.74, 6) is 0.495. The molecule has 4 heteroatoms. The number of halogens is 1.